The van der Waals surface area contributed by atoms with E-state index in [0.717, 1.165) is 30.6 Å². The number of thiophene rings is 1. The quantitative estimate of drug-likeness (QED) is 0.437. The fourth-order valence-electron chi connectivity index (χ4n) is 4.39. The van der Waals surface area contributed by atoms with Gasteiger partial charge in [0.1, 0.15) is 11.9 Å². The van der Waals surface area contributed by atoms with E-state index < -0.39 is 17.8 Å². The summed E-state index contributed by atoms with van der Waals surface area (Å²) in [5.41, 5.74) is 1.06. The molecular weight excluding hydrogens is 451 g/mol. The predicted molar refractivity (Wildman–Crippen MR) is 131 cm³/mol. The molecule has 0 bridgehead atoms. The number of nitrogens with one attached hydrogen (secondary N) is 1. The normalized spacial score (nSPS) is 14.5. The van der Waals surface area contributed by atoms with Gasteiger partial charge >= 0.3 is 0 Å². The van der Waals surface area contributed by atoms with Crippen LogP contribution < -0.4 is 10.2 Å². The topological polar surface area (TPSA) is 66.5 Å². The van der Waals surface area contributed by atoms with Gasteiger partial charge in [-0.2, -0.15) is 0 Å². The zero-order valence-corrected chi connectivity index (χ0v) is 19.8. The van der Waals surface area contributed by atoms with Crippen molar-refractivity contribution in [1.29, 1.82) is 0 Å². The second-order valence-corrected chi connectivity index (χ2v) is 9.57. The molecule has 1 N–H and O–H groups in total. The third-order valence-electron chi connectivity index (χ3n) is 6.13. The summed E-state index contributed by atoms with van der Waals surface area (Å²) in [5, 5.41) is 4.93. The van der Waals surface area contributed by atoms with Crippen LogP contribution >= 0.6 is 11.3 Å². The molecule has 1 aromatic heterocycles. The molecule has 0 unspecified atom stereocenters. The standard InChI is InChI=1S/C27H27FN2O3S/c1-18(31)19-12-14-21(15-13-19)30(25(32)17-22-9-6-16-34-22)26(23-10-4-5-11-24(23)28)27(33)29-20-7-2-3-8-20/h4-6,9-16,20,26H,2-3,7-8,17H2,1H3,(H,29,33)/t26-/m1/s1. The van der Waals surface area contributed by atoms with E-state index in [9.17, 15) is 14.4 Å². The van der Waals surface area contributed by atoms with Crippen LogP contribution in [0.2, 0.25) is 0 Å². The number of Topliss-reactive ketones (excluding diaryl/α,β-unsaturated/α-hetero) is 1. The third kappa shape index (κ3) is 5.42. The highest BCUT2D eigenvalue weighted by Gasteiger charge is 2.36. The molecule has 0 saturated heterocycles. The molecule has 2 aromatic carbocycles. The van der Waals surface area contributed by atoms with Crippen LogP contribution in [0.4, 0.5) is 10.1 Å². The fourth-order valence-corrected chi connectivity index (χ4v) is 5.08. The fraction of sp³-hybridized carbons (Fsp3) is 0.296. The lowest BCUT2D eigenvalue weighted by molar-refractivity contribution is -0.127. The number of carbonyl (C=O) groups is 3. The largest absolute Gasteiger partial charge is 0.351 e. The van der Waals surface area contributed by atoms with E-state index >= 15 is 4.39 Å². The Hall–Kier alpha value is -3.32. The molecular formula is C27H27FN2O3S. The number of anilines is 1. The van der Waals surface area contributed by atoms with Gasteiger partial charge in [0.05, 0.1) is 6.42 Å². The number of nitrogens with zero attached hydrogens (tertiary/aromatic N) is 1. The molecule has 0 radical (unpaired) electrons. The molecule has 1 heterocycles. The SMILES string of the molecule is CC(=O)c1ccc(N(C(=O)Cc2cccs2)[C@@H](C(=O)NC2CCCC2)c2ccccc2F)cc1. The molecule has 7 heteroatoms. The van der Waals surface area contributed by atoms with Gasteiger partial charge in [-0.1, -0.05) is 37.1 Å². The minimum atomic E-state index is -1.18. The molecule has 4 rings (SSSR count). The molecule has 1 saturated carbocycles. The van der Waals surface area contributed by atoms with Crippen molar-refractivity contribution in [2.45, 2.75) is 51.1 Å². The van der Waals surface area contributed by atoms with Crippen LogP contribution in [0.5, 0.6) is 0 Å². The number of halogens is 1. The van der Waals surface area contributed by atoms with E-state index in [1.165, 1.54) is 29.2 Å². The molecule has 1 aliphatic rings. The maximum Gasteiger partial charge on any atom is 0.248 e. The Bertz CT molecular complexity index is 1150. The maximum atomic E-state index is 15.0. The summed E-state index contributed by atoms with van der Waals surface area (Å²) in [7, 11) is 0. The van der Waals surface area contributed by atoms with Crippen LogP contribution in [0.3, 0.4) is 0 Å². The van der Waals surface area contributed by atoms with Gasteiger partial charge in [-0.15, -0.1) is 11.3 Å². The highest BCUT2D eigenvalue weighted by molar-refractivity contribution is 7.10. The Labute approximate surface area is 202 Å². The second-order valence-electron chi connectivity index (χ2n) is 8.54. The zero-order chi connectivity index (χ0) is 24.1. The molecule has 0 spiro atoms. The van der Waals surface area contributed by atoms with Gasteiger partial charge in [-0.05, 0) is 61.5 Å². The van der Waals surface area contributed by atoms with E-state index in [1.54, 1.807) is 42.5 Å². The predicted octanol–water partition coefficient (Wildman–Crippen LogP) is 5.47. The number of amides is 2. The highest BCUT2D eigenvalue weighted by atomic mass is 32.1. The molecule has 3 aromatic rings. The molecule has 176 valence electrons. The molecule has 1 aliphatic carbocycles. The Morgan fingerprint density at radius 1 is 1.03 bits per heavy atom. The van der Waals surface area contributed by atoms with E-state index in [2.05, 4.69) is 5.32 Å². The summed E-state index contributed by atoms with van der Waals surface area (Å²) in [6.07, 6.45) is 3.87. The molecule has 5 nitrogen and oxygen atoms in total. The molecule has 1 atom stereocenters. The number of benzene rings is 2. The van der Waals surface area contributed by atoms with Crippen molar-refractivity contribution in [2.24, 2.45) is 0 Å². The molecule has 1 fully saturated rings. The first-order chi connectivity index (χ1) is 16.4. The minimum Gasteiger partial charge on any atom is -0.351 e. The summed E-state index contributed by atoms with van der Waals surface area (Å²) < 4.78 is 15.0. The lowest BCUT2D eigenvalue weighted by atomic mass is 10.0. The number of rotatable bonds is 8. The summed E-state index contributed by atoms with van der Waals surface area (Å²) in [6, 6.07) is 15.1. The molecule has 2 amide bonds. The van der Waals surface area contributed by atoms with Crippen molar-refractivity contribution in [3.05, 3.63) is 87.9 Å². The van der Waals surface area contributed by atoms with Crippen LogP contribution in [-0.4, -0.2) is 23.6 Å². The lowest BCUT2D eigenvalue weighted by Crippen LogP contribution is -2.47. The van der Waals surface area contributed by atoms with Crippen LogP contribution in [-0.2, 0) is 16.0 Å². The van der Waals surface area contributed by atoms with E-state index in [0.29, 0.717) is 11.3 Å². The van der Waals surface area contributed by atoms with E-state index in [1.807, 2.05) is 17.5 Å². The third-order valence-corrected chi connectivity index (χ3v) is 7.01. The second kappa shape index (κ2) is 10.7. The minimum absolute atomic E-state index is 0.0103. The number of ketones is 1. The average molecular weight is 479 g/mol. The van der Waals surface area contributed by atoms with Crippen LogP contribution in [0.1, 0.15) is 59.4 Å². The first-order valence-electron chi connectivity index (χ1n) is 11.4. The first kappa shape index (κ1) is 23.8. The number of carbonyl (C=O) groups excluding carboxylic acids is 3. The van der Waals surface area contributed by atoms with Gasteiger partial charge in [0.25, 0.3) is 0 Å². The van der Waals surface area contributed by atoms with Gasteiger partial charge in [-0.25, -0.2) is 4.39 Å². The van der Waals surface area contributed by atoms with Crippen molar-refractivity contribution in [3.63, 3.8) is 0 Å². The van der Waals surface area contributed by atoms with Crippen LogP contribution in [0.15, 0.2) is 66.0 Å². The Balaban J connectivity index is 1.78. The Morgan fingerprint density at radius 2 is 1.74 bits per heavy atom. The van der Waals surface area contributed by atoms with Crippen molar-refractivity contribution >= 4 is 34.6 Å². The van der Waals surface area contributed by atoms with Crippen molar-refractivity contribution in [2.75, 3.05) is 4.90 Å². The first-order valence-corrected chi connectivity index (χ1v) is 12.3. The van der Waals surface area contributed by atoms with Gasteiger partial charge in [0.15, 0.2) is 5.78 Å². The van der Waals surface area contributed by atoms with Crippen molar-refractivity contribution in [3.8, 4) is 0 Å². The van der Waals surface area contributed by atoms with Gasteiger partial charge in [0.2, 0.25) is 11.8 Å². The Morgan fingerprint density at radius 3 is 2.35 bits per heavy atom. The van der Waals surface area contributed by atoms with E-state index in [4.69, 9.17) is 0 Å². The smallest absolute Gasteiger partial charge is 0.248 e. The zero-order valence-electron chi connectivity index (χ0n) is 19.0. The Kier molecular flexibility index (Phi) is 7.53. The monoisotopic (exact) mass is 478 g/mol. The van der Waals surface area contributed by atoms with Gasteiger partial charge < -0.3 is 5.32 Å². The summed E-state index contributed by atoms with van der Waals surface area (Å²) >= 11 is 1.45. The van der Waals surface area contributed by atoms with Gasteiger partial charge in [0, 0.05) is 27.7 Å². The van der Waals surface area contributed by atoms with Crippen molar-refractivity contribution in [1.82, 2.24) is 5.32 Å². The van der Waals surface area contributed by atoms with Crippen molar-refractivity contribution < 1.29 is 18.8 Å². The highest BCUT2D eigenvalue weighted by Crippen LogP contribution is 2.32. The average Bonchev–Trinajstić information content (AvgIpc) is 3.52. The number of hydrogen-bond donors (Lipinski definition) is 1. The summed E-state index contributed by atoms with van der Waals surface area (Å²) in [6.45, 7) is 1.46. The van der Waals surface area contributed by atoms with Crippen LogP contribution in [0, 0.1) is 5.82 Å². The number of hydrogen-bond acceptors (Lipinski definition) is 4. The maximum absolute atomic E-state index is 15.0. The molecule has 0 aliphatic heterocycles. The molecule has 34 heavy (non-hydrogen) atoms. The van der Waals surface area contributed by atoms with E-state index in [-0.39, 0.29) is 29.7 Å². The summed E-state index contributed by atoms with van der Waals surface area (Å²) in [4.78, 5) is 41.3. The van der Waals surface area contributed by atoms with Gasteiger partial charge in [-0.3, -0.25) is 19.3 Å². The van der Waals surface area contributed by atoms with Crippen LogP contribution in [0.25, 0.3) is 0 Å². The lowest BCUT2D eigenvalue weighted by Gasteiger charge is -2.32. The summed E-state index contributed by atoms with van der Waals surface area (Å²) in [5.74, 6) is -1.39.